The number of hydrogen-bond acceptors (Lipinski definition) is 4. The van der Waals surface area contributed by atoms with Crippen LogP contribution in [0.1, 0.15) is 10.4 Å². The summed E-state index contributed by atoms with van der Waals surface area (Å²) in [6.45, 7) is 2.45. The molecule has 0 aliphatic rings. The maximum absolute atomic E-state index is 11.7. The van der Waals surface area contributed by atoms with Crippen LogP contribution in [0.25, 0.3) is 0 Å². The van der Waals surface area contributed by atoms with E-state index in [1.54, 1.807) is 12.1 Å². The van der Waals surface area contributed by atoms with E-state index in [9.17, 15) is 9.90 Å². The summed E-state index contributed by atoms with van der Waals surface area (Å²) >= 11 is 0. The maximum atomic E-state index is 11.7. The zero-order valence-corrected chi connectivity index (χ0v) is 10.8. The van der Waals surface area contributed by atoms with Crippen molar-refractivity contribution < 1.29 is 14.6 Å². The third kappa shape index (κ3) is 5.65. The summed E-state index contributed by atoms with van der Waals surface area (Å²) in [5, 5.41) is 12.0. The molecular formula is C13H20N2O3. The van der Waals surface area contributed by atoms with Gasteiger partial charge in [0.15, 0.2) is 0 Å². The number of carbonyl (C=O) groups excluding carboxylic acids is 1. The van der Waals surface area contributed by atoms with Gasteiger partial charge in [0, 0.05) is 18.7 Å². The van der Waals surface area contributed by atoms with E-state index in [1.165, 1.54) is 12.1 Å². The molecule has 5 heteroatoms. The van der Waals surface area contributed by atoms with Gasteiger partial charge in [0.25, 0.3) is 5.91 Å². The molecule has 0 bridgehead atoms. The second-order valence-electron chi connectivity index (χ2n) is 4.22. The number of benzene rings is 1. The van der Waals surface area contributed by atoms with Gasteiger partial charge in [-0.05, 0) is 32.3 Å². The van der Waals surface area contributed by atoms with Crippen molar-refractivity contribution in [1.29, 1.82) is 0 Å². The number of phenols is 1. The third-order valence-corrected chi connectivity index (χ3v) is 2.32. The van der Waals surface area contributed by atoms with Gasteiger partial charge in [-0.15, -0.1) is 0 Å². The number of amides is 1. The summed E-state index contributed by atoms with van der Waals surface area (Å²) in [6, 6.07) is 6.25. The van der Waals surface area contributed by atoms with Gasteiger partial charge in [-0.3, -0.25) is 4.79 Å². The molecule has 18 heavy (non-hydrogen) atoms. The maximum Gasteiger partial charge on any atom is 0.251 e. The van der Waals surface area contributed by atoms with Crippen LogP contribution in [0.3, 0.4) is 0 Å². The minimum atomic E-state index is -0.206. The van der Waals surface area contributed by atoms with Crippen molar-refractivity contribution in [3.63, 3.8) is 0 Å². The monoisotopic (exact) mass is 252 g/mol. The van der Waals surface area contributed by atoms with Gasteiger partial charge in [-0.25, -0.2) is 0 Å². The molecule has 5 nitrogen and oxygen atoms in total. The molecule has 1 rings (SSSR count). The van der Waals surface area contributed by atoms with E-state index in [-0.39, 0.29) is 11.7 Å². The third-order valence-electron chi connectivity index (χ3n) is 2.32. The van der Waals surface area contributed by atoms with E-state index in [0.717, 1.165) is 6.54 Å². The molecule has 0 spiro atoms. The molecule has 0 aliphatic carbocycles. The summed E-state index contributed by atoms with van der Waals surface area (Å²) in [6.07, 6.45) is 0. The molecule has 0 atom stereocenters. The van der Waals surface area contributed by atoms with Crippen LogP contribution in [-0.2, 0) is 4.74 Å². The van der Waals surface area contributed by atoms with Crippen LogP contribution in [-0.4, -0.2) is 56.3 Å². The molecule has 1 amide bonds. The minimum absolute atomic E-state index is 0.0879. The molecule has 0 heterocycles. The number of hydrogen-bond donors (Lipinski definition) is 2. The van der Waals surface area contributed by atoms with Gasteiger partial charge in [0.1, 0.15) is 5.75 Å². The number of likely N-dealkylation sites (N-methyl/N-ethyl adjacent to an activating group) is 1. The van der Waals surface area contributed by atoms with Gasteiger partial charge in [-0.1, -0.05) is 6.07 Å². The van der Waals surface area contributed by atoms with Gasteiger partial charge in [-0.2, -0.15) is 0 Å². The summed E-state index contributed by atoms with van der Waals surface area (Å²) in [5.74, 6) is -0.119. The molecule has 0 fully saturated rings. The fourth-order valence-corrected chi connectivity index (χ4v) is 1.34. The Morgan fingerprint density at radius 2 is 2.17 bits per heavy atom. The Balaban J connectivity index is 2.18. The van der Waals surface area contributed by atoms with E-state index in [4.69, 9.17) is 4.74 Å². The highest BCUT2D eigenvalue weighted by atomic mass is 16.5. The molecule has 0 radical (unpaired) electrons. The Hall–Kier alpha value is -1.59. The highest BCUT2D eigenvalue weighted by Gasteiger charge is 2.04. The van der Waals surface area contributed by atoms with Crippen LogP contribution in [0.5, 0.6) is 5.75 Å². The zero-order valence-electron chi connectivity index (χ0n) is 10.8. The van der Waals surface area contributed by atoms with Crippen molar-refractivity contribution in [2.24, 2.45) is 0 Å². The predicted octanol–water partition coefficient (Wildman–Crippen LogP) is 0.700. The van der Waals surface area contributed by atoms with Crippen molar-refractivity contribution in [3.8, 4) is 5.75 Å². The number of aromatic hydroxyl groups is 1. The van der Waals surface area contributed by atoms with E-state index >= 15 is 0 Å². The highest BCUT2D eigenvalue weighted by Crippen LogP contribution is 2.10. The standard InChI is InChI=1S/C13H20N2O3/c1-15(2)7-9-18-8-6-14-13(17)11-4-3-5-12(16)10-11/h3-5,10,16H,6-9H2,1-2H3,(H,14,17). The first kappa shape index (κ1) is 14.5. The quantitative estimate of drug-likeness (QED) is 0.701. The minimum Gasteiger partial charge on any atom is -0.508 e. The molecular weight excluding hydrogens is 232 g/mol. The van der Waals surface area contributed by atoms with Gasteiger partial charge in [0.05, 0.1) is 13.2 Å². The van der Waals surface area contributed by atoms with Crippen molar-refractivity contribution in [1.82, 2.24) is 10.2 Å². The van der Waals surface area contributed by atoms with E-state index < -0.39 is 0 Å². The average molecular weight is 252 g/mol. The summed E-state index contributed by atoms with van der Waals surface area (Å²) < 4.78 is 5.35. The molecule has 0 saturated heterocycles. The number of nitrogens with zero attached hydrogens (tertiary/aromatic N) is 1. The Labute approximate surface area is 107 Å². The summed E-state index contributed by atoms with van der Waals surface area (Å²) in [5.41, 5.74) is 0.447. The van der Waals surface area contributed by atoms with Gasteiger partial charge >= 0.3 is 0 Å². The lowest BCUT2D eigenvalue weighted by atomic mass is 10.2. The Morgan fingerprint density at radius 1 is 1.39 bits per heavy atom. The fraction of sp³-hybridized carbons (Fsp3) is 0.462. The lowest BCUT2D eigenvalue weighted by molar-refractivity contribution is 0.0900. The van der Waals surface area contributed by atoms with Crippen molar-refractivity contribution >= 4 is 5.91 Å². The smallest absolute Gasteiger partial charge is 0.251 e. The van der Waals surface area contributed by atoms with Gasteiger partial charge in [0.2, 0.25) is 0 Å². The average Bonchev–Trinajstić information content (AvgIpc) is 2.33. The SMILES string of the molecule is CN(C)CCOCCNC(=O)c1cccc(O)c1. The van der Waals surface area contributed by atoms with E-state index in [2.05, 4.69) is 5.32 Å². The second kappa shape index (κ2) is 7.68. The molecule has 0 aliphatic heterocycles. The molecule has 100 valence electrons. The first-order valence-corrected chi connectivity index (χ1v) is 5.89. The van der Waals surface area contributed by atoms with E-state index in [0.29, 0.717) is 25.3 Å². The Kier molecular flexibility index (Phi) is 6.18. The highest BCUT2D eigenvalue weighted by molar-refractivity contribution is 5.94. The largest absolute Gasteiger partial charge is 0.508 e. The number of ether oxygens (including phenoxy) is 1. The van der Waals surface area contributed by atoms with Crippen molar-refractivity contribution in [2.45, 2.75) is 0 Å². The van der Waals surface area contributed by atoms with Crippen LogP contribution < -0.4 is 5.32 Å². The van der Waals surface area contributed by atoms with Crippen molar-refractivity contribution in [2.75, 3.05) is 40.4 Å². The van der Waals surface area contributed by atoms with Crippen molar-refractivity contribution in [3.05, 3.63) is 29.8 Å². The summed E-state index contributed by atoms with van der Waals surface area (Å²) in [7, 11) is 3.96. The number of phenolic OH excluding ortho intramolecular Hbond substituents is 1. The van der Waals surface area contributed by atoms with Crippen LogP contribution in [0.15, 0.2) is 24.3 Å². The molecule has 0 saturated carbocycles. The number of carbonyl (C=O) groups is 1. The Bertz CT molecular complexity index is 380. The fourth-order valence-electron chi connectivity index (χ4n) is 1.34. The molecule has 0 unspecified atom stereocenters. The number of nitrogens with one attached hydrogen (secondary N) is 1. The van der Waals surface area contributed by atoms with Crippen LogP contribution in [0.4, 0.5) is 0 Å². The zero-order chi connectivity index (χ0) is 13.4. The predicted molar refractivity (Wildman–Crippen MR) is 69.8 cm³/mol. The Morgan fingerprint density at radius 3 is 2.83 bits per heavy atom. The first-order valence-electron chi connectivity index (χ1n) is 5.89. The van der Waals surface area contributed by atoms with E-state index in [1.807, 2.05) is 19.0 Å². The van der Waals surface area contributed by atoms with Crippen LogP contribution in [0.2, 0.25) is 0 Å². The molecule has 1 aromatic rings. The lowest BCUT2D eigenvalue weighted by Crippen LogP contribution is -2.28. The van der Waals surface area contributed by atoms with Gasteiger partial charge < -0.3 is 20.1 Å². The summed E-state index contributed by atoms with van der Waals surface area (Å²) in [4.78, 5) is 13.7. The topological polar surface area (TPSA) is 61.8 Å². The molecule has 0 aromatic heterocycles. The normalized spacial score (nSPS) is 10.6. The number of rotatable bonds is 7. The van der Waals surface area contributed by atoms with Crippen LogP contribution >= 0.6 is 0 Å². The second-order valence-corrected chi connectivity index (χ2v) is 4.22. The lowest BCUT2D eigenvalue weighted by Gasteiger charge is -2.10. The molecule has 2 N–H and O–H groups in total. The van der Waals surface area contributed by atoms with Crippen LogP contribution in [0, 0.1) is 0 Å². The first-order chi connectivity index (χ1) is 8.59. The molecule has 1 aromatic carbocycles.